The molecule has 0 aliphatic carbocycles. The Morgan fingerprint density at radius 2 is 1.13 bits per heavy atom. The summed E-state index contributed by atoms with van der Waals surface area (Å²) in [5, 5.41) is 1.32. The molecule has 0 saturated carbocycles. The Morgan fingerprint density at radius 1 is 0.718 bits per heavy atom. The van der Waals surface area contributed by atoms with Gasteiger partial charge in [-0.3, -0.25) is 4.79 Å². The molecule has 12 heteroatoms. The van der Waals surface area contributed by atoms with Gasteiger partial charge in [-0.25, -0.2) is 4.79 Å². The van der Waals surface area contributed by atoms with Crippen molar-refractivity contribution in [3.05, 3.63) is 0 Å². The molecule has 0 aliphatic rings. The second-order valence-electron chi connectivity index (χ2n) is 9.92. The van der Waals surface area contributed by atoms with Gasteiger partial charge >= 0.3 is 24.0 Å². The Hall–Kier alpha value is -1.20. The van der Waals surface area contributed by atoms with Crippen LogP contribution in [0.3, 0.4) is 0 Å². The summed E-state index contributed by atoms with van der Waals surface area (Å²) >= 11 is 1.17. The van der Waals surface area contributed by atoms with E-state index >= 15 is 0 Å². The summed E-state index contributed by atoms with van der Waals surface area (Å²) in [5.41, 5.74) is 0. The highest BCUT2D eigenvalue weighted by Gasteiger charge is 2.76. The van der Waals surface area contributed by atoms with Crippen LogP contribution in [-0.2, 0) is 14.3 Å². The molecule has 1 unspecified atom stereocenters. The first-order valence-corrected chi connectivity index (χ1v) is 15.5. The van der Waals surface area contributed by atoms with Gasteiger partial charge in [0.2, 0.25) is 0 Å². The number of halogens is 7. The van der Waals surface area contributed by atoms with Crippen molar-refractivity contribution in [1.29, 1.82) is 0 Å². The van der Waals surface area contributed by atoms with Gasteiger partial charge in [-0.2, -0.15) is 42.5 Å². The summed E-state index contributed by atoms with van der Waals surface area (Å²) in [7, 11) is 0. The van der Waals surface area contributed by atoms with Crippen molar-refractivity contribution in [2.24, 2.45) is 0 Å². The molecule has 232 valence electrons. The molecule has 0 spiro atoms. The first kappa shape index (κ1) is 37.8. The maximum Gasteiger partial charge on any atom is 0.460 e. The molecule has 0 aromatic carbocycles. The molecule has 0 aromatic rings. The third-order valence-electron chi connectivity index (χ3n) is 6.48. The summed E-state index contributed by atoms with van der Waals surface area (Å²) in [6, 6.07) is -1.76. The lowest BCUT2D eigenvalue weighted by atomic mass is 10.0. The van der Waals surface area contributed by atoms with Crippen LogP contribution < -0.4 is 5.32 Å². The minimum Gasteiger partial charge on any atom is -0.464 e. The first-order valence-electron chi connectivity index (χ1n) is 14.1. The number of carbonyl (C=O) groups excluding carboxylic acids is 2. The zero-order chi connectivity index (χ0) is 29.8. The van der Waals surface area contributed by atoms with E-state index in [2.05, 4.69) is 6.92 Å². The summed E-state index contributed by atoms with van der Waals surface area (Å²) in [5.74, 6) is -16.6. The Balaban J connectivity index is 4.14. The van der Waals surface area contributed by atoms with Crippen molar-refractivity contribution in [3.63, 3.8) is 0 Å². The van der Waals surface area contributed by atoms with E-state index in [-0.39, 0.29) is 18.8 Å². The van der Waals surface area contributed by atoms with Gasteiger partial charge in [0.15, 0.2) is 0 Å². The minimum atomic E-state index is -6.64. The highest BCUT2D eigenvalue weighted by molar-refractivity contribution is 7.98. The topological polar surface area (TPSA) is 55.4 Å². The van der Waals surface area contributed by atoms with Crippen molar-refractivity contribution in [2.75, 3.05) is 18.6 Å². The summed E-state index contributed by atoms with van der Waals surface area (Å²) in [6.07, 6.45) is 13.1. The quantitative estimate of drug-likeness (QED) is 0.0686. The maximum atomic E-state index is 13.6. The second kappa shape index (κ2) is 20.6. The van der Waals surface area contributed by atoms with Crippen LogP contribution in [0.4, 0.5) is 30.7 Å². The molecule has 0 radical (unpaired) electrons. The van der Waals surface area contributed by atoms with E-state index in [1.807, 2.05) is 0 Å². The van der Waals surface area contributed by atoms with Crippen LogP contribution in [0.2, 0.25) is 0 Å². The second-order valence-corrected chi connectivity index (χ2v) is 10.9. The van der Waals surface area contributed by atoms with Gasteiger partial charge < -0.3 is 10.1 Å². The van der Waals surface area contributed by atoms with Crippen LogP contribution in [0.15, 0.2) is 0 Å². The summed E-state index contributed by atoms with van der Waals surface area (Å²) < 4.78 is 95.5. The predicted octanol–water partition coefficient (Wildman–Crippen LogP) is 8.86. The first-order chi connectivity index (χ1) is 18.3. The van der Waals surface area contributed by atoms with Crippen molar-refractivity contribution >= 4 is 23.6 Å². The highest BCUT2D eigenvalue weighted by atomic mass is 32.2. The molecular weight excluding hydrogens is 551 g/mol. The van der Waals surface area contributed by atoms with E-state index in [1.54, 1.807) is 6.26 Å². The van der Waals surface area contributed by atoms with Crippen molar-refractivity contribution in [3.8, 4) is 0 Å². The highest BCUT2D eigenvalue weighted by Crippen LogP contribution is 2.46. The van der Waals surface area contributed by atoms with E-state index in [4.69, 9.17) is 4.74 Å². The fraction of sp³-hybridized carbons (Fsp3) is 0.926. The summed E-state index contributed by atoms with van der Waals surface area (Å²) in [6.45, 7) is 2.15. The Morgan fingerprint density at radius 3 is 1.51 bits per heavy atom. The Labute approximate surface area is 232 Å². The zero-order valence-corrected chi connectivity index (χ0v) is 24.1. The number of carbonyl (C=O) groups is 2. The van der Waals surface area contributed by atoms with Gasteiger partial charge in [0.05, 0.1) is 6.61 Å². The molecule has 4 nitrogen and oxygen atoms in total. The Kier molecular flexibility index (Phi) is 20.0. The van der Waals surface area contributed by atoms with Gasteiger partial charge in [-0.1, -0.05) is 103 Å². The maximum absolute atomic E-state index is 13.6. The normalized spacial score (nSPS) is 13.4. The van der Waals surface area contributed by atoms with E-state index in [0.29, 0.717) is 6.42 Å². The number of alkyl halides is 7. The lowest BCUT2D eigenvalue weighted by molar-refractivity contribution is -0.344. The molecular formula is C27H46F7NO3S. The van der Waals surface area contributed by atoms with Crippen LogP contribution >= 0.6 is 11.8 Å². The Bertz CT molecular complexity index is 664. The molecule has 0 bridgehead atoms. The van der Waals surface area contributed by atoms with E-state index in [1.165, 1.54) is 87.7 Å². The number of thioether (sulfide) groups is 1. The fourth-order valence-corrected chi connectivity index (χ4v) is 4.45. The molecule has 1 amide bonds. The van der Waals surface area contributed by atoms with Gasteiger partial charge in [0.1, 0.15) is 6.04 Å². The van der Waals surface area contributed by atoms with Crippen LogP contribution in [-0.4, -0.2) is 54.6 Å². The molecule has 0 aromatic heterocycles. The van der Waals surface area contributed by atoms with Gasteiger partial charge in [-0.15, -0.1) is 0 Å². The van der Waals surface area contributed by atoms with Crippen LogP contribution in [0.5, 0.6) is 0 Å². The smallest absolute Gasteiger partial charge is 0.460 e. The molecule has 0 fully saturated rings. The number of esters is 1. The molecule has 0 rings (SSSR count). The average molecular weight is 598 g/mol. The monoisotopic (exact) mass is 597 g/mol. The zero-order valence-electron chi connectivity index (χ0n) is 23.3. The number of rotatable bonds is 24. The molecule has 0 heterocycles. The fourth-order valence-electron chi connectivity index (χ4n) is 3.98. The van der Waals surface area contributed by atoms with Gasteiger partial charge in [0, 0.05) is 0 Å². The minimum absolute atomic E-state index is 0.0714. The lowest BCUT2D eigenvalue weighted by Gasteiger charge is -2.28. The number of nitrogens with one attached hydrogen (secondary N) is 1. The molecule has 1 N–H and O–H groups in total. The molecule has 0 aliphatic heterocycles. The standard InChI is InChI=1S/C27H46F7NO3S/c1-3-4-5-6-7-8-9-10-11-12-13-14-15-16-17-18-20-38-23(36)22(19-21-39-2)35-24(37)25(28,29)26(30,31)27(32,33)34/h22H,3-21H2,1-2H3,(H,35,37). The third-order valence-corrected chi connectivity index (χ3v) is 7.12. The number of hydrogen-bond acceptors (Lipinski definition) is 4. The molecule has 0 saturated heterocycles. The van der Waals surface area contributed by atoms with Crippen LogP contribution in [0, 0.1) is 0 Å². The number of hydrogen-bond donors (Lipinski definition) is 1. The molecule has 1 atom stereocenters. The van der Waals surface area contributed by atoms with Crippen LogP contribution in [0.25, 0.3) is 0 Å². The summed E-state index contributed by atoms with van der Waals surface area (Å²) in [4.78, 5) is 23.8. The largest absolute Gasteiger partial charge is 0.464 e. The van der Waals surface area contributed by atoms with Crippen molar-refractivity contribution in [2.45, 2.75) is 140 Å². The predicted molar refractivity (Wildman–Crippen MR) is 141 cm³/mol. The van der Waals surface area contributed by atoms with Gasteiger partial charge in [-0.05, 0) is 24.9 Å². The van der Waals surface area contributed by atoms with Crippen molar-refractivity contribution in [1.82, 2.24) is 5.32 Å². The van der Waals surface area contributed by atoms with Crippen molar-refractivity contribution < 1.29 is 45.1 Å². The third kappa shape index (κ3) is 15.4. The average Bonchev–Trinajstić information content (AvgIpc) is 2.87. The lowest BCUT2D eigenvalue weighted by Crippen LogP contribution is -2.61. The van der Waals surface area contributed by atoms with E-state index < -0.39 is 35.9 Å². The number of unbranched alkanes of at least 4 members (excludes halogenated alkanes) is 15. The number of amides is 1. The van der Waals surface area contributed by atoms with Crippen LogP contribution in [0.1, 0.15) is 116 Å². The number of ether oxygens (including phenoxy) is 1. The van der Waals surface area contributed by atoms with Gasteiger partial charge in [0.25, 0.3) is 5.91 Å². The van der Waals surface area contributed by atoms with E-state index in [9.17, 15) is 40.3 Å². The SMILES string of the molecule is CCCCCCCCCCCCCCCCCCOC(=O)C(CCSC)NC(=O)C(F)(F)C(F)(F)C(F)(F)F. The molecule has 39 heavy (non-hydrogen) atoms. The van der Waals surface area contributed by atoms with E-state index in [0.717, 1.165) is 25.7 Å².